The Morgan fingerprint density at radius 1 is 1.67 bits per heavy atom. The van der Waals surface area contributed by atoms with Crippen molar-refractivity contribution < 1.29 is 4.79 Å². The van der Waals surface area contributed by atoms with E-state index in [1.54, 1.807) is 18.2 Å². The summed E-state index contributed by atoms with van der Waals surface area (Å²) in [5.74, 6) is -0.124. The van der Waals surface area contributed by atoms with Gasteiger partial charge >= 0.3 is 0 Å². The molecule has 0 radical (unpaired) electrons. The molecule has 0 fully saturated rings. The monoisotopic (exact) mass is 203 g/mol. The Kier molecular flexibility index (Phi) is 3.83. The SMILES string of the molecule is CC(=O)Nc1cccc(C(N)CC#N)c1. The summed E-state index contributed by atoms with van der Waals surface area (Å²) in [5.41, 5.74) is 7.32. The van der Waals surface area contributed by atoms with E-state index in [2.05, 4.69) is 5.32 Å². The number of benzene rings is 1. The molecule has 15 heavy (non-hydrogen) atoms. The lowest BCUT2D eigenvalue weighted by molar-refractivity contribution is -0.114. The van der Waals surface area contributed by atoms with Crippen molar-refractivity contribution in [3.05, 3.63) is 29.8 Å². The molecule has 1 aromatic rings. The minimum atomic E-state index is -0.302. The van der Waals surface area contributed by atoms with Crippen LogP contribution in [0.3, 0.4) is 0 Å². The zero-order valence-corrected chi connectivity index (χ0v) is 8.53. The number of nitrogens with zero attached hydrogens (tertiary/aromatic N) is 1. The largest absolute Gasteiger partial charge is 0.326 e. The number of amides is 1. The Morgan fingerprint density at radius 3 is 3.00 bits per heavy atom. The molecular formula is C11H13N3O. The lowest BCUT2D eigenvalue weighted by atomic mass is 10.0. The van der Waals surface area contributed by atoms with Crippen LogP contribution in [0.1, 0.15) is 24.9 Å². The summed E-state index contributed by atoms with van der Waals surface area (Å²) < 4.78 is 0. The quantitative estimate of drug-likeness (QED) is 0.782. The molecule has 0 bridgehead atoms. The Morgan fingerprint density at radius 2 is 2.40 bits per heavy atom. The van der Waals surface area contributed by atoms with E-state index in [4.69, 9.17) is 11.0 Å². The van der Waals surface area contributed by atoms with E-state index in [-0.39, 0.29) is 18.4 Å². The topological polar surface area (TPSA) is 78.9 Å². The molecule has 1 aromatic carbocycles. The molecule has 0 aliphatic carbocycles. The molecule has 4 nitrogen and oxygen atoms in total. The molecule has 3 N–H and O–H groups in total. The molecule has 0 saturated heterocycles. The fraction of sp³-hybridized carbons (Fsp3) is 0.273. The van der Waals surface area contributed by atoms with Crippen molar-refractivity contribution >= 4 is 11.6 Å². The first-order valence-electron chi connectivity index (χ1n) is 4.63. The van der Waals surface area contributed by atoms with Crippen LogP contribution in [-0.2, 0) is 4.79 Å². The van der Waals surface area contributed by atoms with Crippen molar-refractivity contribution in [3.63, 3.8) is 0 Å². The van der Waals surface area contributed by atoms with Gasteiger partial charge < -0.3 is 11.1 Å². The maximum Gasteiger partial charge on any atom is 0.221 e. The van der Waals surface area contributed by atoms with E-state index >= 15 is 0 Å². The fourth-order valence-electron chi connectivity index (χ4n) is 1.27. The number of nitrogens with two attached hydrogens (primary N) is 1. The van der Waals surface area contributed by atoms with Crippen molar-refractivity contribution in [1.82, 2.24) is 0 Å². The number of hydrogen-bond donors (Lipinski definition) is 2. The van der Waals surface area contributed by atoms with Crippen LogP contribution in [0.2, 0.25) is 0 Å². The van der Waals surface area contributed by atoms with Crippen LogP contribution in [0.25, 0.3) is 0 Å². The number of hydrogen-bond acceptors (Lipinski definition) is 3. The summed E-state index contributed by atoms with van der Waals surface area (Å²) >= 11 is 0. The van der Waals surface area contributed by atoms with Crippen molar-refractivity contribution in [2.75, 3.05) is 5.32 Å². The van der Waals surface area contributed by atoms with Gasteiger partial charge in [-0.1, -0.05) is 12.1 Å². The summed E-state index contributed by atoms with van der Waals surface area (Å²) in [5, 5.41) is 11.2. The van der Waals surface area contributed by atoms with Gasteiger partial charge in [0, 0.05) is 18.7 Å². The molecule has 0 heterocycles. The van der Waals surface area contributed by atoms with Gasteiger partial charge in [-0.2, -0.15) is 5.26 Å². The molecule has 0 aliphatic heterocycles. The van der Waals surface area contributed by atoms with E-state index in [1.807, 2.05) is 12.1 Å². The van der Waals surface area contributed by atoms with Gasteiger partial charge in [0.15, 0.2) is 0 Å². The number of carbonyl (C=O) groups excluding carboxylic acids is 1. The first-order valence-corrected chi connectivity index (χ1v) is 4.63. The zero-order chi connectivity index (χ0) is 11.3. The Bertz CT molecular complexity index is 395. The molecule has 0 aromatic heterocycles. The van der Waals surface area contributed by atoms with Crippen LogP contribution in [0, 0.1) is 11.3 Å². The van der Waals surface area contributed by atoms with Crippen LogP contribution in [0.15, 0.2) is 24.3 Å². The number of nitriles is 1. The standard InChI is InChI=1S/C11H13N3O/c1-8(15)14-10-4-2-3-9(7-10)11(13)5-6-12/h2-4,7,11H,5,13H2,1H3,(H,14,15). The highest BCUT2D eigenvalue weighted by Gasteiger charge is 2.05. The first kappa shape index (κ1) is 11.2. The lowest BCUT2D eigenvalue weighted by Crippen LogP contribution is -2.11. The molecule has 1 atom stereocenters. The van der Waals surface area contributed by atoms with Gasteiger partial charge in [-0.15, -0.1) is 0 Å². The summed E-state index contributed by atoms with van der Waals surface area (Å²) in [6, 6.07) is 8.92. The molecule has 4 heteroatoms. The molecule has 0 aliphatic rings. The highest BCUT2D eigenvalue weighted by atomic mass is 16.1. The van der Waals surface area contributed by atoms with E-state index in [0.717, 1.165) is 5.56 Å². The second kappa shape index (κ2) is 5.13. The fourth-order valence-corrected chi connectivity index (χ4v) is 1.27. The Balaban J connectivity index is 2.83. The minimum absolute atomic E-state index is 0.124. The van der Waals surface area contributed by atoms with Crippen LogP contribution in [-0.4, -0.2) is 5.91 Å². The normalized spacial score (nSPS) is 11.5. The Hall–Kier alpha value is -1.86. The number of rotatable bonds is 3. The highest BCUT2D eigenvalue weighted by molar-refractivity contribution is 5.88. The Labute approximate surface area is 88.7 Å². The number of carbonyl (C=O) groups is 1. The summed E-state index contributed by atoms with van der Waals surface area (Å²) in [6.07, 6.45) is 0.267. The second-order valence-corrected chi connectivity index (χ2v) is 3.28. The van der Waals surface area contributed by atoms with Crippen molar-refractivity contribution in [2.45, 2.75) is 19.4 Å². The number of nitrogens with one attached hydrogen (secondary N) is 1. The van der Waals surface area contributed by atoms with Crippen LogP contribution < -0.4 is 11.1 Å². The van der Waals surface area contributed by atoms with E-state index in [1.165, 1.54) is 6.92 Å². The van der Waals surface area contributed by atoms with Gasteiger partial charge in [-0.25, -0.2) is 0 Å². The predicted molar refractivity (Wildman–Crippen MR) is 57.9 cm³/mol. The van der Waals surface area contributed by atoms with Gasteiger partial charge in [0.25, 0.3) is 0 Å². The van der Waals surface area contributed by atoms with E-state index in [0.29, 0.717) is 5.69 Å². The van der Waals surface area contributed by atoms with Crippen molar-refractivity contribution in [3.8, 4) is 6.07 Å². The molecule has 0 spiro atoms. The third-order valence-electron chi connectivity index (χ3n) is 1.95. The summed E-state index contributed by atoms with van der Waals surface area (Å²) in [4.78, 5) is 10.8. The van der Waals surface area contributed by atoms with Crippen LogP contribution >= 0.6 is 0 Å². The molecule has 78 valence electrons. The third-order valence-corrected chi connectivity index (χ3v) is 1.95. The van der Waals surface area contributed by atoms with Crippen LogP contribution in [0.5, 0.6) is 0 Å². The summed E-state index contributed by atoms with van der Waals surface area (Å²) in [6.45, 7) is 1.45. The van der Waals surface area contributed by atoms with Gasteiger partial charge in [0.1, 0.15) is 0 Å². The summed E-state index contributed by atoms with van der Waals surface area (Å²) in [7, 11) is 0. The third kappa shape index (κ3) is 3.41. The van der Waals surface area contributed by atoms with Gasteiger partial charge in [0.2, 0.25) is 5.91 Å². The predicted octanol–water partition coefficient (Wildman–Crippen LogP) is 1.56. The molecule has 1 amide bonds. The van der Waals surface area contributed by atoms with Crippen molar-refractivity contribution in [1.29, 1.82) is 5.26 Å². The molecule has 1 rings (SSSR count). The molecular weight excluding hydrogens is 190 g/mol. The maximum atomic E-state index is 10.8. The zero-order valence-electron chi connectivity index (χ0n) is 8.53. The molecule has 1 unspecified atom stereocenters. The lowest BCUT2D eigenvalue weighted by Gasteiger charge is -2.09. The smallest absolute Gasteiger partial charge is 0.221 e. The average molecular weight is 203 g/mol. The highest BCUT2D eigenvalue weighted by Crippen LogP contribution is 2.17. The maximum absolute atomic E-state index is 10.8. The van der Waals surface area contributed by atoms with Gasteiger partial charge in [0.05, 0.1) is 12.5 Å². The number of anilines is 1. The van der Waals surface area contributed by atoms with E-state index in [9.17, 15) is 4.79 Å². The average Bonchev–Trinajstić information content (AvgIpc) is 2.17. The first-order chi connectivity index (χ1) is 7.13. The van der Waals surface area contributed by atoms with Gasteiger partial charge in [-0.05, 0) is 17.7 Å². The molecule has 0 saturated carbocycles. The van der Waals surface area contributed by atoms with Crippen LogP contribution in [0.4, 0.5) is 5.69 Å². The van der Waals surface area contributed by atoms with E-state index < -0.39 is 0 Å². The van der Waals surface area contributed by atoms with Gasteiger partial charge in [-0.3, -0.25) is 4.79 Å². The second-order valence-electron chi connectivity index (χ2n) is 3.28. The minimum Gasteiger partial charge on any atom is -0.326 e. The van der Waals surface area contributed by atoms with Crippen molar-refractivity contribution in [2.24, 2.45) is 5.73 Å².